The molecule has 0 bridgehead atoms. The summed E-state index contributed by atoms with van der Waals surface area (Å²) in [5, 5.41) is 9.13. The number of fused-ring (bicyclic) bond motifs is 2. The number of carbonyl (C=O) groups is 1. The van der Waals surface area contributed by atoms with Crippen LogP contribution in [0.1, 0.15) is 28.8 Å². The highest BCUT2D eigenvalue weighted by molar-refractivity contribution is 5.96. The van der Waals surface area contributed by atoms with Gasteiger partial charge in [-0.15, -0.1) is 0 Å². The molecule has 0 radical (unpaired) electrons. The Bertz CT molecular complexity index is 1150. The Balaban J connectivity index is 1.48. The lowest BCUT2D eigenvalue weighted by atomic mass is 9.97. The number of aromatic nitrogens is 3. The summed E-state index contributed by atoms with van der Waals surface area (Å²) in [5.41, 5.74) is 3.94. The summed E-state index contributed by atoms with van der Waals surface area (Å²) in [6, 6.07) is 8.44. The fourth-order valence-electron chi connectivity index (χ4n) is 4.19. The first-order chi connectivity index (χ1) is 15.0. The number of halogens is 1. The summed E-state index contributed by atoms with van der Waals surface area (Å²) >= 11 is 0. The van der Waals surface area contributed by atoms with Crippen molar-refractivity contribution in [2.45, 2.75) is 18.3 Å². The van der Waals surface area contributed by atoms with Crippen LogP contribution in [0.25, 0.3) is 11.3 Å². The standard InChI is InChI=1S/C23H22FN5O2/c1-28(8-9-30)21(31)15-2-3-18-20(10-15)29(14-23(18)5-6-23)22-26-12-16(13-27-22)19-11-17(24)4-7-25-19/h2-4,7,10-13,30H,5-6,8-9,14H2,1H3. The summed E-state index contributed by atoms with van der Waals surface area (Å²) in [4.78, 5) is 29.5. The van der Waals surface area contributed by atoms with Crippen LogP contribution in [-0.4, -0.2) is 57.6 Å². The van der Waals surface area contributed by atoms with Gasteiger partial charge in [0.15, 0.2) is 0 Å². The number of hydrogen-bond donors (Lipinski definition) is 1. The van der Waals surface area contributed by atoms with Gasteiger partial charge in [0.2, 0.25) is 5.95 Å². The van der Waals surface area contributed by atoms with Crippen LogP contribution >= 0.6 is 0 Å². The number of hydrogen-bond acceptors (Lipinski definition) is 6. The van der Waals surface area contributed by atoms with Gasteiger partial charge in [-0.1, -0.05) is 6.07 Å². The van der Waals surface area contributed by atoms with Crippen molar-refractivity contribution < 1.29 is 14.3 Å². The average molecular weight is 419 g/mol. The van der Waals surface area contributed by atoms with E-state index in [1.807, 2.05) is 23.1 Å². The largest absolute Gasteiger partial charge is 0.395 e. The van der Waals surface area contributed by atoms with Crippen molar-refractivity contribution in [3.63, 3.8) is 0 Å². The monoisotopic (exact) mass is 419 g/mol. The summed E-state index contributed by atoms with van der Waals surface area (Å²) < 4.78 is 13.5. The molecule has 8 heteroatoms. The highest BCUT2D eigenvalue weighted by atomic mass is 19.1. The lowest BCUT2D eigenvalue weighted by Crippen LogP contribution is -2.29. The molecule has 31 heavy (non-hydrogen) atoms. The Morgan fingerprint density at radius 1 is 1.19 bits per heavy atom. The molecule has 3 aromatic rings. The lowest BCUT2D eigenvalue weighted by molar-refractivity contribution is 0.0767. The molecule has 1 aliphatic carbocycles. The minimum atomic E-state index is -0.360. The molecule has 1 aliphatic heterocycles. The third kappa shape index (κ3) is 3.42. The van der Waals surface area contributed by atoms with E-state index in [4.69, 9.17) is 5.11 Å². The second-order valence-electron chi connectivity index (χ2n) is 8.18. The van der Waals surface area contributed by atoms with Crippen molar-refractivity contribution in [1.29, 1.82) is 0 Å². The molecule has 2 aromatic heterocycles. The summed E-state index contributed by atoms with van der Waals surface area (Å²) in [7, 11) is 1.67. The molecule has 0 unspecified atom stereocenters. The molecular weight excluding hydrogens is 397 g/mol. The minimum Gasteiger partial charge on any atom is -0.395 e. The summed E-state index contributed by atoms with van der Waals surface area (Å²) in [6.07, 6.45) is 6.90. The average Bonchev–Trinajstić information content (AvgIpc) is 3.50. The van der Waals surface area contributed by atoms with Crippen LogP contribution in [0.5, 0.6) is 0 Å². The molecule has 1 N–H and O–H groups in total. The zero-order chi connectivity index (χ0) is 21.6. The number of pyridine rings is 1. The van der Waals surface area contributed by atoms with Gasteiger partial charge in [0.1, 0.15) is 5.82 Å². The van der Waals surface area contributed by atoms with Gasteiger partial charge in [-0.25, -0.2) is 14.4 Å². The van der Waals surface area contributed by atoms with Gasteiger partial charge in [0.25, 0.3) is 5.91 Å². The first-order valence-corrected chi connectivity index (χ1v) is 10.2. The zero-order valence-electron chi connectivity index (χ0n) is 17.1. The van der Waals surface area contributed by atoms with E-state index in [-0.39, 0.29) is 30.3 Å². The fraction of sp³-hybridized carbons (Fsp3) is 0.304. The maximum atomic E-state index is 13.5. The highest BCUT2D eigenvalue weighted by Gasteiger charge is 2.52. The Kier molecular flexibility index (Phi) is 4.66. The third-order valence-corrected chi connectivity index (χ3v) is 6.10. The second kappa shape index (κ2) is 7.39. The molecule has 0 atom stereocenters. The van der Waals surface area contributed by atoms with Crippen molar-refractivity contribution in [2.75, 3.05) is 31.6 Å². The molecule has 2 aliphatic rings. The molecule has 5 rings (SSSR count). The van der Waals surface area contributed by atoms with Crippen LogP contribution in [0.3, 0.4) is 0 Å². The molecule has 1 saturated carbocycles. The van der Waals surface area contributed by atoms with E-state index in [0.29, 0.717) is 22.8 Å². The maximum absolute atomic E-state index is 13.5. The predicted octanol–water partition coefficient (Wildman–Crippen LogP) is 2.93. The number of benzene rings is 1. The van der Waals surface area contributed by atoms with Crippen LogP contribution < -0.4 is 4.90 Å². The van der Waals surface area contributed by atoms with Crippen LogP contribution in [0.2, 0.25) is 0 Å². The van der Waals surface area contributed by atoms with Gasteiger partial charge in [0.05, 0.1) is 12.3 Å². The van der Waals surface area contributed by atoms with Crippen molar-refractivity contribution in [1.82, 2.24) is 19.9 Å². The van der Waals surface area contributed by atoms with Crippen LogP contribution in [-0.2, 0) is 5.41 Å². The number of carbonyl (C=O) groups excluding carboxylic acids is 1. The predicted molar refractivity (Wildman–Crippen MR) is 114 cm³/mol. The van der Waals surface area contributed by atoms with E-state index in [2.05, 4.69) is 15.0 Å². The van der Waals surface area contributed by atoms with Gasteiger partial charge in [-0.3, -0.25) is 9.78 Å². The summed E-state index contributed by atoms with van der Waals surface area (Å²) in [6.45, 7) is 0.967. The number of nitrogens with zero attached hydrogens (tertiary/aromatic N) is 5. The Morgan fingerprint density at radius 3 is 2.65 bits per heavy atom. The van der Waals surface area contributed by atoms with Gasteiger partial charge in [0, 0.05) is 67.0 Å². The van der Waals surface area contributed by atoms with Gasteiger partial charge in [-0.05, 0) is 36.6 Å². The van der Waals surface area contributed by atoms with E-state index < -0.39 is 0 Å². The third-order valence-electron chi connectivity index (χ3n) is 6.10. The number of likely N-dealkylation sites (N-methyl/N-ethyl adjacent to an activating group) is 1. The van der Waals surface area contributed by atoms with Crippen LogP contribution in [0, 0.1) is 5.82 Å². The van der Waals surface area contributed by atoms with Crippen molar-refractivity contribution >= 4 is 17.5 Å². The second-order valence-corrected chi connectivity index (χ2v) is 8.18. The molecule has 3 heterocycles. The molecular formula is C23H22FN5O2. The number of rotatable bonds is 5. The first kappa shape index (κ1) is 19.6. The molecule has 1 spiro atoms. The van der Waals surface area contributed by atoms with Crippen LogP contribution in [0.15, 0.2) is 48.9 Å². The molecule has 158 valence electrons. The van der Waals surface area contributed by atoms with Gasteiger partial charge in [-0.2, -0.15) is 0 Å². The van der Waals surface area contributed by atoms with Gasteiger partial charge >= 0.3 is 0 Å². The quantitative estimate of drug-likeness (QED) is 0.685. The lowest BCUT2D eigenvalue weighted by Gasteiger charge is -2.19. The molecule has 1 amide bonds. The minimum absolute atomic E-state index is 0.0806. The van der Waals surface area contributed by atoms with Crippen LogP contribution in [0.4, 0.5) is 16.0 Å². The van der Waals surface area contributed by atoms with Gasteiger partial charge < -0.3 is 14.9 Å². The van der Waals surface area contributed by atoms with E-state index in [9.17, 15) is 9.18 Å². The summed E-state index contributed by atoms with van der Waals surface area (Å²) in [5.74, 6) is 0.0436. The van der Waals surface area contributed by atoms with Crippen molar-refractivity contribution in [2.24, 2.45) is 0 Å². The number of amides is 1. The van der Waals surface area contributed by atoms with E-state index >= 15 is 0 Å². The van der Waals surface area contributed by atoms with E-state index in [0.717, 1.165) is 25.1 Å². The molecule has 1 aromatic carbocycles. The Labute approximate surface area is 179 Å². The van der Waals surface area contributed by atoms with E-state index in [1.165, 1.54) is 28.8 Å². The zero-order valence-corrected chi connectivity index (χ0v) is 17.1. The normalized spacial score (nSPS) is 15.8. The SMILES string of the molecule is CN(CCO)C(=O)c1ccc2c(c1)N(c1ncc(-c3cc(F)ccn3)cn1)CC21CC1. The smallest absolute Gasteiger partial charge is 0.253 e. The number of anilines is 2. The fourth-order valence-corrected chi connectivity index (χ4v) is 4.19. The van der Waals surface area contributed by atoms with Crippen molar-refractivity contribution in [3.05, 3.63) is 65.9 Å². The maximum Gasteiger partial charge on any atom is 0.253 e. The Morgan fingerprint density at radius 2 is 1.97 bits per heavy atom. The van der Waals surface area contributed by atoms with Crippen molar-refractivity contribution in [3.8, 4) is 11.3 Å². The Hall–Kier alpha value is -3.39. The number of aliphatic hydroxyl groups is 1. The molecule has 7 nitrogen and oxygen atoms in total. The first-order valence-electron chi connectivity index (χ1n) is 10.2. The number of aliphatic hydroxyl groups excluding tert-OH is 1. The molecule has 0 saturated heterocycles. The van der Waals surface area contributed by atoms with E-state index in [1.54, 1.807) is 19.4 Å². The molecule has 1 fully saturated rings. The highest BCUT2D eigenvalue weighted by Crippen LogP contribution is 2.57. The topological polar surface area (TPSA) is 82.5 Å².